The Labute approximate surface area is 118 Å². The van der Waals surface area contributed by atoms with Gasteiger partial charge in [-0.05, 0) is 30.5 Å². The minimum atomic E-state index is -0.0563. The van der Waals surface area contributed by atoms with Gasteiger partial charge in [-0.3, -0.25) is 0 Å². The summed E-state index contributed by atoms with van der Waals surface area (Å²) in [6.45, 7) is 14.9. The van der Waals surface area contributed by atoms with E-state index in [1.807, 2.05) is 0 Å². The first-order valence-electron chi connectivity index (χ1n) is 7.07. The van der Waals surface area contributed by atoms with E-state index >= 15 is 0 Å². The summed E-state index contributed by atoms with van der Waals surface area (Å²) in [4.78, 5) is 0. The number of hydrogen-bond acceptors (Lipinski definition) is 2. The molecule has 2 nitrogen and oxygen atoms in total. The topological polar surface area (TPSA) is 32.3 Å². The Morgan fingerprint density at radius 1 is 1.00 bits per heavy atom. The van der Waals surface area contributed by atoms with Gasteiger partial charge in [0.1, 0.15) is 0 Å². The minimum Gasteiger partial charge on any atom is -0.396 e. The van der Waals surface area contributed by atoms with Crippen LogP contribution in [0.2, 0.25) is 0 Å². The fourth-order valence-electron chi connectivity index (χ4n) is 2.03. The smallest absolute Gasteiger partial charge is 0.0494 e. The lowest BCUT2D eigenvalue weighted by Gasteiger charge is -2.29. The first kappa shape index (κ1) is 16.2. The van der Waals surface area contributed by atoms with Gasteiger partial charge in [-0.1, -0.05) is 45.9 Å². The molecule has 2 N–H and O–H groups in total. The van der Waals surface area contributed by atoms with E-state index in [0.717, 1.165) is 13.1 Å². The number of hydrogen-bond donors (Lipinski definition) is 2. The highest BCUT2D eigenvalue weighted by Gasteiger charge is 2.22. The van der Waals surface area contributed by atoms with Crippen LogP contribution in [0.15, 0.2) is 18.2 Å². The SMILES string of the molecule is Cc1ccc(C(C)(C)CNCC(C)(C)CO)cc1C. The van der Waals surface area contributed by atoms with E-state index in [1.54, 1.807) is 0 Å². The third-order valence-corrected chi connectivity index (χ3v) is 3.89. The molecule has 0 spiro atoms. The molecule has 1 aromatic carbocycles. The fourth-order valence-corrected chi connectivity index (χ4v) is 2.03. The van der Waals surface area contributed by atoms with Crippen molar-refractivity contribution < 1.29 is 5.11 Å². The maximum atomic E-state index is 9.27. The molecule has 0 radical (unpaired) electrons. The number of rotatable bonds is 6. The predicted octanol–water partition coefficient (Wildman–Crippen LogP) is 3.19. The first-order valence-corrected chi connectivity index (χ1v) is 7.07. The van der Waals surface area contributed by atoms with Crippen LogP contribution in [0.25, 0.3) is 0 Å². The highest BCUT2D eigenvalue weighted by molar-refractivity contribution is 5.34. The van der Waals surface area contributed by atoms with Gasteiger partial charge < -0.3 is 10.4 Å². The lowest BCUT2D eigenvalue weighted by Crippen LogP contribution is -2.39. The zero-order valence-corrected chi connectivity index (χ0v) is 13.3. The Morgan fingerprint density at radius 2 is 1.63 bits per heavy atom. The van der Waals surface area contributed by atoms with Crippen molar-refractivity contribution in [1.82, 2.24) is 5.32 Å². The number of aryl methyl sites for hydroxylation is 2. The molecule has 0 saturated heterocycles. The van der Waals surface area contributed by atoms with Crippen molar-refractivity contribution in [2.24, 2.45) is 5.41 Å². The van der Waals surface area contributed by atoms with Crippen molar-refractivity contribution in [3.05, 3.63) is 34.9 Å². The quantitative estimate of drug-likeness (QED) is 0.826. The number of aliphatic hydroxyl groups is 1. The van der Waals surface area contributed by atoms with Crippen molar-refractivity contribution in [3.63, 3.8) is 0 Å². The van der Waals surface area contributed by atoms with Gasteiger partial charge in [0.25, 0.3) is 0 Å². The van der Waals surface area contributed by atoms with Gasteiger partial charge in [0, 0.05) is 30.5 Å². The molecular formula is C17H29NO. The van der Waals surface area contributed by atoms with Crippen LogP contribution < -0.4 is 5.32 Å². The van der Waals surface area contributed by atoms with Crippen molar-refractivity contribution in [2.75, 3.05) is 19.7 Å². The van der Waals surface area contributed by atoms with E-state index in [4.69, 9.17) is 0 Å². The molecule has 0 atom stereocenters. The Morgan fingerprint density at radius 3 is 2.16 bits per heavy atom. The average molecular weight is 263 g/mol. The van der Waals surface area contributed by atoms with Crippen molar-refractivity contribution >= 4 is 0 Å². The summed E-state index contributed by atoms with van der Waals surface area (Å²) in [6.07, 6.45) is 0. The second kappa shape index (κ2) is 6.06. The van der Waals surface area contributed by atoms with E-state index in [-0.39, 0.29) is 17.4 Å². The summed E-state index contributed by atoms with van der Waals surface area (Å²) >= 11 is 0. The molecule has 1 rings (SSSR count). The molecule has 0 unspecified atom stereocenters. The first-order chi connectivity index (χ1) is 8.68. The molecule has 0 aliphatic rings. The summed E-state index contributed by atoms with van der Waals surface area (Å²) in [7, 11) is 0. The summed E-state index contributed by atoms with van der Waals surface area (Å²) in [5.74, 6) is 0. The Hall–Kier alpha value is -0.860. The van der Waals surface area contributed by atoms with Gasteiger partial charge in [0.2, 0.25) is 0 Å². The van der Waals surface area contributed by atoms with Crippen molar-refractivity contribution in [2.45, 2.75) is 47.0 Å². The van der Waals surface area contributed by atoms with Crippen LogP contribution in [0.5, 0.6) is 0 Å². The summed E-state index contributed by atoms with van der Waals surface area (Å²) in [5, 5.41) is 12.8. The number of aliphatic hydroxyl groups excluding tert-OH is 1. The Kier molecular flexibility index (Phi) is 5.17. The summed E-state index contributed by atoms with van der Waals surface area (Å²) < 4.78 is 0. The van der Waals surface area contributed by atoms with Crippen LogP contribution in [-0.4, -0.2) is 24.8 Å². The molecule has 0 fully saturated rings. The molecule has 2 heteroatoms. The summed E-state index contributed by atoms with van der Waals surface area (Å²) in [6, 6.07) is 6.71. The maximum absolute atomic E-state index is 9.27. The normalized spacial score (nSPS) is 12.8. The van der Waals surface area contributed by atoms with Crippen molar-refractivity contribution in [1.29, 1.82) is 0 Å². The van der Waals surface area contributed by atoms with E-state index in [0.29, 0.717) is 0 Å². The second-order valence-corrected chi connectivity index (χ2v) is 7.11. The van der Waals surface area contributed by atoms with Gasteiger partial charge in [0.15, 0.2) is 0 Å². The minimum absolute atomic E-state index is 0.0563. The molecule has 0 saturated carbocycles. The van der Waals surface area contributed by atoms with Gasteiger partial charge >= 0.3 is 0 Å². The lowest BCUT2D eigenvalue weighted by molar-refractivity contribution is 0.155. The molecule has 0 aromatic heterocycles. The molecular weight excluding hydrogens is 234 g/mol. The predicted molar refractivity (Wildman–Crippen MR) is 82.7 cm³/mol. The number of nitrogens with one attached hydrogen (secondary N) is 1. The molecule has 108 valence electrons. The van der Waals surface area contributed by atoms with Crippen LogP contribution in [0, 0.1) is 19.3 Å². The van der Waals surface area contributed by atoms with E-state index in [9.17, 15) is 5.11 Å². The molecule has 0 heterocycles. The molecule has 19 heavy (non-hydrogen) atoms. The standard InChI is InChI=1S/C17H29NO/c1-13-7-8-15(9-14(13)2)17(5,6)11-18-10-16(3,4)12-19/h7-9,18-19H,10-12H2,1-6H3. The molecule has 0 bridgehead atoms. The zero-order valence-electron chi connectivity index (χ0n) is 13.3. The largest absolute Gasteiger partial charge is 0.396 e. The van der Waals surface area contributed by atoms with Gasteiger partial charge in [-0.2, -0.15) is 0 Å². The molecule has 0 aliphatic heterocycles. The Bertz CT molecular complexity index is 421. The average Bonchev–Trinajstić information content (AvgIpc) is 2.32. The van der Waals surface area contributed by atoms with Gasteiger partial charge in [-0.15, -0.1) is 0 Å². The third-order valence-electron chi connectivity index (χ3n) is 3.89. The van der Waals surface area contributed by atoms with Crippen molar-refractivity contribution in [3.8, 4) is 0 Å². The van der Waals surface area contributed by atoms with E-state index < -0.39 is 0 Å². The van der Waals surface area contributed by atoms with Crippen LogP contribution >= 0.6 is 0 Å². The molecule has 0 amide bonds. The summed E-state index contributed by atoms with van der Waals surface area (Å²) in [5.41, 5.74) is 4.10. The van der Waals surface area contributed by atoms with Crippen LogP contribution in [0.3, 0.4) is 0 Å². The van der Waals surface area contributed by atoms with Gasteiger partial charge in [0.05, 0.1) is 0 Å². The second-order valence-electron chi connectivity index (χ2n) is 7.11. The third kappa shape index (κ3) is 4.63. The fraction of sp³-hybridized carbons (Fsp3) is 0.647. The van der Waals surface area contributed by atoms with E-state index in [1.165, 1.54) is 16.7 Å². The molecule has 0 aliphatic carbocycles. The van der Waals surface area contributed by atoms with E-state index in [2.05, 4.69) is 65.1 Å². The van der Waals surface area contributed by atoms with Crippen LogP contribution in [-0.2, 0) is 5.41 Å². The zero-order chi connectivity index (χ0) is 14.7. The van der Waals surface area contributed by atoms with Crippen LogP contribution in [0.1, 0.15) is 44.4 Å². The maximum Gasteiger partial charge on any atom is 0.0494 e. The monoisotopic (exact) mass is 263 g/mol. The lowest BCUT2D eigenvalue weighted by atomic mass is 9.83. The number of benzene rings is 1. The highest BCUT2D eigenvalue weighted by atomic mass is 16.3. The van der Waals surface area contributed by atoms with Gasteiger partial charge in [-0.25, -0.2) is 0 Å². The highest BCUT2D eigenvalue weighted by Crippen LogP contribution is 2.25. The van der Waals surface area contributed by atoms with Crippen LogP contribution in [0.4, 0.5) is 0 Å². The molecule has 1 aromatic rings. The Balaban J connectivity index is 2.67.